The Morgan fingerprint density at radius 2 is 1.48 bits per heavy atom. The molecule has 29 heavy (non-hydrogen) atoms. The average Bonchev–Trinajstić information content (AvgIpc) is 2.74. The van der Waals surface area contributed by atoms with Gasteiger partial charge in [-0.15, -0.1) is 0 Å². The van der Waals surface area contributed by atoms with Gasteiger partial charge in [-0.25, -0.2) is 0 Å². The lowest BCUT2D eigenvalue weighted by Crippen LogP contribution is -2.47. The van der Waals surface area contributed by atoms with Crippen LogP contribution in [-0.4, -0.2) is 12.1 Å². The second-order valence-corrected chi connectivity index (χ2v) is 7.21. The second-order valence-electron chi connectivity index (χ2n) is 7.21. The second kappa shape index (κ2) is 6.98. The molecular weight excluding hydrogens is 359 g/mol. The van der Waals surface area contributed by atoms with Crippen LogP contribution in [0.2, 0.25) is 0 Å². The minimum absolute atomic E-state index is 0.190. The molecule has 0 atom stereocenters. The van der Waals surface area contributed by atoms with Gasteiger partial charge in [-0.2, -0.15) is 10.2 Å². The highest BCUT2D eigenvalue weighted by molar-refractivity contribution is 6.81. The highest BCUT2D eigenvalue weighted by Gasteiger charge is 2.28. The molecule has 0 amide bonds. The van der Waals surface area contributed by atoms with Crippen molar-refractivity contribution in [3.63, 3.8) is 0 Å². The lowest BCUT2D eigenvalue weighted by molar-refractivity contribution is 0.476. The standard InChI is InChI=1S/C23H19BN4O/c1-15-8-10-17(11-9-15)27-28-20-13-12-18(29)14-19(20)24-25-21-6-2-4-16-5-3-7-22(26-24)23(16)21/h2-14,25-26,29H,1H3. The Labute approximate surface area is 169 Å². The van der Waals surface area contributed by atoms with Crippen molar-refractivity contribution in [3.05, 3.63) is 84.4 Å². The van der Waals surface area contributed by atoms with Crippen LogP contribution < -0.4 is 15.9 Å². The molecule has 6 heteroatoms. The molecule has 1 heterocycles. The minimum atomic E-state index is -0.241. The van der Waals surface area contributed by atoms with Crippen LogP contribution in [0, 0.1) is 6.92 Å². The fourth-order valence-corrected chi connectivity index (χ4v) is 3.67. The van der Waals surface area contributed by atoms with Crippen LogP contribution in [0.25, 0.3) is 10.8 Å². The fourth-order valence-electron chi connectivity index (χ4n) is 3.67. The minimum Gasteiger partial charge on any atom is -0.508 e. The van der Waals surface area contributed by atoms with Gasteiger partial charge in [0.05, 0.1) is 11.4 Å². The number of anilines is 2. The number of aromatic hydroxyl groups is 1. The van der Waals surface area contributed by atoms with Crippen molar-refractivity contribution in [2.75, 3.05) is 10.5 Å². The Balaban J connectivity index is 1.53. The SMILES string of the molecule is Cc1ccc(N=Nc2ccc(O)cc2B2Nc3cccc4cccc(c34)N2)cc1. The molecule has 0 radical (unpaired) electrons. The topological polar surface area (TPSA) is 69.0 Å². The third kappa shape index (κ3) is 3.29. The normalized spacial score (nSPS) is 12.8. The number of rotatable bonds is 3. The largest absolute Gasteiger partial charge is 0.508 e. The molecule has 0 aliphatic carbocycles. The molecule has 0 saturated heterocycles. The van der Waals surface area contributed by atoms with Crippen LogP contribution in [0.3, 0.4) is 0 Å². The summed E-state index contributed by atoms with van der Waals surface area (Å²) >= 11 is 0. The van der Waals surface area contributed by atoms with Gasteiger partial charge in [0.2, 0.25) is 0 Å². The number of hydrogen-bond acceptors (Lipinski definition) is 5. The maximum absolute atomic E-state index is 10.1. The molecule has 0 bridgehead atoms. The van der Waals surface area contributed by atoms with Crippen LogP contribution >= 0.6 is 0 Å². The van der Waals surface area contributed by atoms with Gasteiger partial charge in [0.1, 0.15) is 5.75 Å². The van der Waals surface area contributed by atoms with Crippen molar-refractivity contribution in [3.8, 4) is 5.75 Å². The van der Waals surface area contributed by atoms with E-state index in [1.807, 2.05) is 43.3 Å². The monoisotopic (exact) mass is 378 g/mol. The van der Waals surface area contributed by atoms with Crippen molar-refractivity contribution in [2.45, 2.75) is 6.92 Å². The Kier molecular flexibility index (Phi) is 4.17. The highest BCUT2D eigenvalue weighted by Crippen LogP contribution is 2.34. The van der Waals surface area contributed by atoms with Crippen LogP contribution in [0.4, 0.5) is 22.7 Å². The molecule has 5 rings (SSSR count). The molecule has 0 unspecified atom stereocenters. The van der Waals surface area contributed by atoms with Crippen LogP contribution in [0.5, 0.6) is 5.75 Å². The maximum atomic E-state index is 10.1. The molecule has 3 N–H and O–H groups in total. The summed E-state index contributed by atoms with van der Waals surface area (Å²) in [6.07, 6.45) is 0. The zero-order valence-electron chi connectivity index (χ0n) is 15.9. The van der Waals surface area contributed by atoms with E-state index in [9.17, 15) is 5.11 Å². The van der Waals surface area contributed by atoms with E-state index in [1.54, 1.807) is 18.2 Å². The van der Waals surface area contributed by atoms with Crippen molar-refractivity contribution < 1.29 is 5.11 Å². The number of phenolic OH excluding ortho intramolecular Hbond substituents is 1. The van der Waals surface area contributed by atoms with Gasteiger partial charge >= 0.3 is 6.98 Å². The van der Waals surface area contributed by atoms with E-state index in [4.69, 9.17) is 0 Å². The van der Waals surface area contributed by atoms with Crippen molar-refractivity contribution in [1.82, 2.24) is 0 Å². The van der Waals surface area contributed by atoms with E-state index in [1.165, 1.54) is 10.9 Å². The van der Waals surface area contributed by atoms with Gasteiger partial charge in [0.25, 0.3) is 0 Å². The lowest BCUT2D eigenvalue weighted by atomic mass is 9.65. The van der Waals surface area contributed by atoms with Crippen LogP contribution in [-0.2, 0) is 0 Å². The predicted molar refractivity (Wildman–Crippen MR) is 120 cm³/mol. The summed E-state index contributed by atoms with van der Waals surface area (Å²) in [6.45, 7) is 1.80. The first-order chi connectivity index (χ1) is 14.2. The number of phenols is 1. The van der Waals surface area contributed by atoms with E-state index >= 15 is 0 Å². The molecule has 0 saturated carbocycles. The summed E-state index contributed by atoms with van der Waals surface area (Å²) in [5.41, 5.74) is 5.58. The van der Waals surface area contributed by atoms with Gasteiger partial charge in [-0.3, -0.25) is 0 Å². The molecule has 5 nitrogen and oxygen atoms in total. The zero-order chi connectivity index (χ0) is 19.8. The summed E-state index contributed by atoms with van der Waals surface area (Å²) in [7, 11) is 0. The quantitative estimate of drug-likeness (QED) is 0.326. The zero-order valence-corrected chi connectivity index (χ0v) is 15.9. The molecule has 1 aliphatic rings. The van der Waals surface area contributed by atoms with Gasteiger partial charge in [0.15, 0.2) is 0 Å². The number of nitrogens with one attached hydrogen (secondary N) is 2. The number of hydrogen-bond donors (Lipinski definition) is 3. The van der Waals surface area contributed by atoms with Crippen molar-refractivity contribution in [1.29, 1.82) is 0 Å². The highest BCUT2D eigenvalue weighted by atomic mass is 16.3. The molecule has 140 valence electrons. The Bertz CT molecular complexity index is 1200. The summed E-state index contributed by atoms with van der Waals surface area (Å²) < 4.78 is 0. The summed E-state index contributed by atoms with van der Waals surface area (Å²) in [4.78, 5) is 0. The van der Waals surface area contributed by atoms with E-state index in [2.05, 4.69) is 44.9 Å². The Morgan fingerprint density at radius 1 is 0.793 bits per heavy atom. The average molecular weight is 378 g/mol. The summed E-state index contributed by atoms with van der Waals surface area (Å²) in [6, 6.07) is 25.4. The number of nitrogens with zero attached hydrogens (tertiary/aromatic N) is 2. The summed E-state index contributed by atoms with van der Waals surface area (Å²) in [5.74, 6) is 0.190. The Morgan fingerprint density at radius 3 is 2.17 bits per heavy atom. The van der Waals surface area contributed by atoms with Crippen molar-refractivity contribution >= 4 is 46.0 Å². The van der Waals surface area contributed by atoms with E-state index in [0.717, 1.165) is 27.9 Å². The summed E-state index contributed by atoms with van der Waals surface area (Å²) in [5, 5.41) is 28.3. The van der Waals surface area contributed by atoms with Crippen LogP contribution in [0.15, 0.2) is 89.1 Å². The van der Waals surface area contributed by atoms with Gasteiger partial charge < -0.3 is 15.6 Å². The first-order valence-corrected chi connectivity index (χ1v) is 9.53. The molecule has 4 aromatic carbocycles. The molecule has 0 aromatic heterocycles. The molecule has 1 aliphatic heterocycles. The number of aryl methyl sites for hydroxylation is 1. The van der Waals surface area contributed by atoms with Crippen LogP contribution in [0.1, 0.15) is 5.56 Å². The number of azo groups is 1. The molecule has 0 spiro atoms. The molecule has 4 aromatic rings. The third-order valence-corrected chi connectivity index (χ3v) is 5.13. The Hall–Kier alpha value is -3.80. The molecule has 0 fully saturated rings. The first-order valence-electron chi connectivity index (χ1n) is 9.53. The fraction of sp³-hybridized carbons (Fsp3) is 0.0435. The first kappa shape index (κ1) is 17.3. The molecular formula is C23H19BN4O. The van der Waals surface area contributed by atoms with E-state index in [0.29, 0.717) is 5.69 Å². The van der Waals surface area contributed by atoms with Gasteiger partial charge in [-0.1, -0.05) is 42.0 Å². The predicted octanol–water partition coefficient (Wildman–Crippen LogP) is 5.50. The lowest BCUT2D eigenvalue weighted by Gasteiger charge is -2.27. The number of benzene rings is 4. The van der Waals surface area contributed by atoms with Crippen molar-refractivity contribution in [2.24, 2.45) is 10.2 Å². The van der Waals surface area contributed by atoms with E-state index in [-0.39, 0.29) is 12.7 Å². The van der Waals surface area contributed by atoms with Gasteiger partial charge in [0, 0.05) is 16.8 Å². The smallest absolute Gasteiger partial charge is 0.408 e. The van der Waals surface area contributed by atoms with E-state index < -0.39 is 0 Å². The van der Waals surface area contributed by atoms with Gasteiger partial charge in [-0.05, 0) is 60.2 Å². The maximum Gasteiger partial charge on any atom is 0.408 e. The third-order valence-electron chi connectivity index (χ3n) is 5.13.